The summed E-state index contributed by atoms with van der Waals surface area (Å²) in [5, 5.41) is 6.62. The van der Waals surface area contributed by atoms with Gasteiger partial charge in [0.25, 0.3) is 0 Å². The maximum Gasteiger partial charge on any atom is 0.234 e. The minimum absolute atomic E-state index is 0.0197. The molecule has 2 N–H and O–H groups in total. The van der Waals surface area contributed by atoms with E-state index in [1.165, 1.54) is 24.0 Å². The molecule has 148 valence electrons. The molecule has 0 saturated heterocycles. The Labute approximate surface area is 166 Å². The summed E-state index contributed by atoms with van der Waals surface area (Å²) in [6, 6.07) is 14.5. The molecular weight excluding hydrogens is 352 g/mol. The number of aryl methyl sites for hydroxylation is 1. The summed E-state index contributed by atoms with van der Waals surface area (Å²) in [6.07, 6.45) is 2.35. The number of fused-ring (bicyclic) bond motifs is 1. The zero-order valence-corrected chi connectivity index (χ0v) is 16.7. The van der Waals surface area contributed by atoms with E-state index in [4.69, 9.17) is 9.47 Å². The Balaban J connectivity index is 1.38. The van der Waals surface area contributed by atoms with Gasteiger partial charge in [-0.1, -0.05) is 35.9 Å². The monoisotopic (exact) mass is 380 g/mol. The van der Waals surface area contributed by atoms with E-state index < -0.39 is 0 Å². The van der Waals surface area contributed by atoms with Crippen LogP contribution in [-0.4, -0.2) is 19.2 Å². The van der Waals surface area contributed by atoms with Gasteiger partial charge >= 0.3 is 0 Å². The van der Waals surface area contributed by atoms with Crippen LogP contribution in [0.3, 0.4) is 0 Å². The summed E-state index contributed by atoms with van der Waals surface area (Å²) in [5.41, 5.74) is 3.12. The highest BCUT2D eigenvalue weighted by atomic mass is 16.7. The number of carbonyl (C=O) groups is 1. The standard InChI is InChI=1S/C23H28N2O3/c1-15-4-6-16(7-5-15)22(17-8-9-17)25-21(26)13-24-23(2,3)18-10-11-19-20(12-18)28-14-27-19/h4-7,10-12,17,22,24H,8-9,13-14H2,1-3H3,(H,25,26). The largest absolute Gasteiger partial charge is 0.454 e. The van der Waals surface area contributed by atoms with Crippen LogP contribution in [0.25, 0.3) is 0 Å². The van der Waals surface area contributed by atoms with Crippen molar-refractivity contribution in [3.05, 3.63) is 59.2 Å². The lowest BCUT2D eigenvalue weighted by atomic mass is 9.94. The molecule has 1 aliphatic heterocycles. The van der Waals surface area contributed by atoms with Gasteiger partial charge in [0.15, 0.2) is 11.5 Å². The average molecular weight is 380 g/mol. The van der Waals surface area contributed by atoms with Crippen LogP contribution >= 0.6 is 0 Å². The fourth-order valence-corrected chi connectivity index (χ4v) is 3.59. The molecule has 1 unspecified atom stereocenters. The molecule has 1 atom stereocenters. The van der Waals surface area contributed by atoms with Gasteiger partial charge in [0.2, 0.25) is 12.7 Å². The summed E-state index contributed by atoms with van der Waals surface area (Å²) in [6.45, 7) is 6.73. The number of hydrogen-bond acceptors (Lipinski definition) is 4. The van der Waals surface area contributed by atoms with Crippen LogP contribution in [0.5, 0.6) is 11.5 Å². The van der Waals surface area contributed by atoms with Gasteiger partial charge in [-0.05, 0) is 62.8 Å². The summed E-state index contributed by atoms with van der Waals surface area (Å²) in [5.74, 6) is 2.09. The fraction of sp³-hybridized carbons (Fsp3) is 0.435. The van der Waals surface area contributed by atoms with Crippen LogP contribution in [0.4, 0.5) is 0 Å². The van der Waals surface area contributed by atoms with E-state index in [-0.39, 0.29) is 30.8 Å². The summed E-state index contributed by atoms with van der Waals surface area (Å²) < 4.78 is 10.9. The maximum atomic E-state index is 12.7. The number of carbonyl (C=O) groups excluding carboxylic acids is 1. The minimum atomic E-state index is -0.364. The molecule has 1 saturated carbocycles. The van der Waals surface area contributed by atoms with E-state index in [2.05, 4.69) is 55.7 Å². The van der Waals surface area contributed by atoms with E-state index >= 15 is 0 Å². The molecule has 5 heteroatoms. The second kappa shape index (κ2) is 7.47. The molecule has 1 amide bonds. The average Bonchev–Trinajstić information content (AvgIpc) is 3.41. The van der Waals surface area contributed by atoms with Gasteiger partial charge in [0.05, 0.1) is 12.6 Å². The van der Waals surface area contributed by atoms with Gasteiger partial charge in [-0.2, -0.15) is 0 Å². The SMILES string of the molecule is Cc1ccc(C(NC(=O)CNC(C)(C)c2ccc3c(c2)OCO3)C2CC2)cc1. The first-order valence-electron chi connectivity index (χ1n) is 9.93. The van der Waals surface area contributed by atoms with Crippen molar-refractivity contribution in [1.29, 1.82) is 0 Å². The Morgan fingerprint density at radius 1 is 1.11 bits per heavy atom. The fourth-order valence-electron chi connectivity index (χ4n) is 3.59. The highest BCUT2D eigenvalue weighted by Crippen LogP contribution is 2.41. The zero-order valence-electron chi connectivity index (χ0n) is 16.7. The van der Waals surface area contributed by atoms with Crippen molar-refractivity contribution >= 4 is 5.91 Å². The summed E-state index contributed by atoms with van der Waals surface area (Å²) in [4.78, 5) is 12.7. The molecule has 4 rings (SSSR count). The van der Waals surface area contributed by atoms with Gasteiger partial charge in [-0.15, -0.1) is 0 Å². The van der Waals surface area contributed by atoms with Crippen LogP contribution in [-0.2, 0) is 10.3 Å². The first-order chi connectivity index (χ1) is 13.4. The molecule has 2 aliphatic rings. The van der Waals surface area contributed by atoms with Crippen molar-refractivity contribution in [2.45, 2.75) is 45.2 Å². The Hall–Kier alpha value is -2.53. The van der Waals surface area contributed by atoms with Crippen molar-refractivity contribution in [3.8, 4) is 11.5 Å². The molecule has 0 bridgehead atoms. The maximum absolute atomic E-state index is 12.7. The molecule has 0 radical (unpaired) electrons. The number of amides is 1. The molecule has 1 heterocycles. The molecule has 0 spiro atoms. The summed E-state index contributed by atoms with van der Waals surface area (Å²) in [7, 11) is 0. The Kier molecular flexibility index (Phi) is 5.02. The Bertz CT molecular complexity index is 857. The predicted octanol–water partition coefficient (Wildman–Crippen LogP) is 3.82. The number of ether oxygens (including phenoxy) is 2. The Morgan fingerprint density at radius 2 is 1.82 bits per heavy atom. The first-order valence-corrected chi connectivity index (χ1v) is 9.93. The van der Waals surface area contributed by atoms with E-state index in [1.807, 2.05) is 18.2 Å². The third-order valence-corrected chi connectivity index (χ3v) is 5.63. The lowest BCUT2D eigenvalue weighted by Gasteiger charge is -2.28. The molecule has 5 nitrogen and oxygen atoms in total. The topological polar surface area (TPSA) is 59.6 Å². The number of rotatable bonds is 7. The molecule has 2 aromatic carbocycles. The van der Waals surface area contributed by atoms with Crippen LogP contribution in [0, 0.1) is 12.8 Å². The Morgan fingerprint density at radius 3 is 2.54 bits per heavy atom. The second-order valence-corrected chi connectivity index (χ2v) is 8.34. The lowest BCUT2D eigenvalue weighted by molar-refractivity contribution is -0.121. The molecule has 1 aliphatic carbocycles. The molecule has 2 aromatic rings. The minimum Gasteiger partial charge on any atom is -0.454 e. The van der Waals surface area contributed by atoms with Crippen molar-refractivity contribution in [2.24, 2.45) is 5.92 Å². The van der Waals surface area contributed by atoms with Gasteiger partial charge in [-0.3, -0.25) is 10.1 Å². The smallest absolute Gasteiger partial charge is 0.234 e. The lowest BCUT2D eigenvalue weighted by Crippen LogP contribution is -2.44. The van der Waals surface area contributed by atoms with Crippen LogP contribution in [0.1, 0.15) is 49.4 Å². The third kappa shape index (κ3) is 4.14. The van der Waals surface area contributed by atoms with Crippen LogP contribution < -0.4 is 20.1 Å². The van der Waals surface area contributed by atoms with Gasteiger partial charge in [0, 0.05) is 5.54 Å². The van der Waals surface area contributed by atoms with E-state index in [0.717, 1.165) is 17.1 Å². The van der Waals surface area contributed by atoms with Crippen LogP contribution in [0.2, 0.25) is 0 Å². The molecular formula is C23H28N2O3. The zero-order chi connectivity index (χ0) is 19.7. The molecule has 28 heavy (non-hydrogen) atoms. The van der Waals surface area contributed by atoms with Crippen LogP contribution in [0.15, 0.2) is 42.5 Å². The van der Waals surface area contributed by atoms with Crippen molar-refractivity contribution in [3.63, 3.8) is 0 Å². The van der Waals surface area contributed by atoms with E-state index in [1.54, 1.807) is 0 Å². The van der Waals surface area contributed by atoms with Gasteiger partial charge in [-0.25, -0.2) is 0 Å². The molecule has 1 fully saturated rings. The van der Waals surface area contributed by atoms with E-state index in [0.29, 0.717) is 5.92 Å². The van der Waals surface area contributed by atoms with Crippen molar-refractivity contribution in [1.82, 2.24) is 10.6 Å². The van der Waals surface area contributed by atoms with Crippen molar-refractivity contribution in [2.75, 3.05) is 13.3 Å². The summed E-state index contributed by atoms with van der Waals surface area (Å²) >= 11 is 0. The second-order valence-electron chi connectivity index (χ2n) is 8.34. The number of nitrogens with one attached hydrogen (secondary N) is 2. The highest BCUT2D eigenvalue weighted by molar-refractivity contribution is 5.78. The molecule has 0 aromatic heterocycles. The predicted molar refractivity (Wildman–Crippen MR) is 108 cm³/mol. The first kappa shape index (κ1) is 18.8. The number of benzene rings is 2. The highest BCUT2D eigenvalue weighted by Gasteiger charge is 2.33. The third-order valence-electron chi connectivity index (χ3n) is 5.63. The van der Waals surface area contributed by atoms with Crippen molar-refractivity contribution < 1.29 is 14.3 Å². The van der Waals surface area contributed by atoms with Gasteiger partial charge in [0.1, 0.15) is 0 Å². The quantitative estimate of drug-likeness (QED) is 0.767. The van der Waals surface area contributed by atoms with E-state index in [9.17, 15) is 4.79 Å². The normalized spacial score (nSPS) is 16.7. The van der Waals surface area contributed by atoms with Gasteiger partial charge < -0.3 is 14.8 Å². The number of hydrogen-bond donors (Lipinski definition) is 2.